The molecule has 23 heavy (non-hydrogen) atoms. The predicted molar refractivity (Wildman–Crippen MR) is 70.0 cm³/mol. The van der Waals surface area contributed by atoms with Crippen molar-refractivity contribution >= 4 is 5.91 Å². The molecule has 2 aromatic rings. The zero-order valence-corrected chi connectivity index (χ0v) is 11.4. The number of amides is 1. The Morgan fingerprint density at radius 1 is 1.00 bits per heavy atom. The van der Waals surface area contributed by atoms with Crippen LogP contribution in [0.5, 0.6) is 0 Å². The van der Waals surface area contributed by atoms with Crippen LogP contribution >= 0.6 is 0 Å². The van der Waals surface area contributed by atoms with Crippen LogP contribution in [0.3, 0.4) is 0 Å². The fourth-order valence-electron chi connectivity index (χ4n) is 1.83. The van der Waals surface area contributed by atoms with Gasteiger partial charge in [0.2, 0.25) is 0 Å². The molecule has 1 unspecified atom stereocenters. The molecule has 0 aliphatic heterocycles. The number of halogens is 5. The van der Waals surface area contributed by atoms with Crippen LogP contribution in [0.25, 0.3) is 0 Å². The molecule has 2 N–H and O–H groups in total. The van der Waals surface area contributed by atoms with E-state index in [0.717, 1.165) is 12.1 Å². The quantitative estimate of drug-likeness (QED) is 0.514. The molecule has 1 atom stereocenters. The Hall–Kier alpha value is -2.48. The molecule has 0 aliphatic rings. The molecule has 1 amide bonds. The number of hydrogen-bond acceptors (Lipinski definition) is 2. The van der Waals surface area contributed by atoms with E-state index in [4.69, 9.17) is 0 Å². The first kappa shape index (κ1) is 16.9. The zero-order valence-electron chi connectivity index (χ0n) is 11.4. The van der Waals surface area contributed by atoms with Gasteiger partial charge in [0, 0.05) is 6.54 Å². The standard InChI is InChI=1S/C15H10F5NO2/c16-8-3-1-7(2-4-8)11(22)6-21-15(23)9-5-10(17)13(19)14(20)12(9)18/h1-5,11,22H,6H2,(H,21,23). The van der Waals surface area contributed by atoms with Crippen LogP contribution in [0.2, 0.25) is 0 Å². The third-order valence-electron chi connectivity index (χ3n) is 3.06. The fraction of sp³-hybridized carbons (Fsp3) is 0.133. The Bertz CT molecular complexity index is 734. The highest BCUT2D eigenvalue weighted by Crippen LogP contribution is 2.19. The van der Waals surface area contributed by atoms with Crippen molar-refractivity contribution in [2.75, 3.05) is 6.54 Å². The summed E-state index contributed by atoms with van der Waals surface area (Å²) < 4.78 is 65.1. The van der Waals surface area contributed by atoms with Gasteiger partial charge in [-0.25, -0.2) is 22.0 Å². The molecule has 0 fully saturated rings. The van der Waals surface area contributed by atoms with Crippen LogP contribution in [-0.2, 0) is 0 Å². The first-order valence-electron chi connectivity index (χ1n) is 6.36. The van der Waals surface area contributed by atoms with Gasteiger partial charge in [0.1, 0.15) is 5.82 Å². The third kappa shape index (κ3) is 3.65. The largest absolute Gasteiger partial charge is 0.387 e. The van der Waals surface area contributed by atoms with E-state index in [0.29, 0.717) is 0 Å². The number of hydrogen-bond donors (Lipinski definition) is 2. The summed E-state index contributed by atoms with van der Waals surface area (Å²) in [6.45, 7) is -0.426. The molecular weight excluding hydrogens is 321 g/mol. The smallest absolute Gasteiger partial charge is 0.254 e. The van der Waals surface area contributed by atoms with Gasteiger partial charge in [0.05, 0.1) is 11.7 Å². The van der Waals surface area contributed by atoms with Crippen molar-refractivity contribution in [1.82, 2.24) is 5.32 Å². The molecule has 0 saturated heterocycles. The molecule has 0 bridgehead atoms. The summed E-state index contributed by atoms with van der Waals surface area (Å²) in [5.41, 5.74) is -0.767. The van der Waals surface area contributed by atoms with E-state index in [-0.39, 0.29) is 11.6 Å². The van der Waals surface area contributed by atoms with Crippen molar-refractivity contribution < 1.29 is 31.9 Å². The van der Waals surface area contributed by atoms with E-state index in [1.807, 2.05) is 5.32 Å². The highest BCUT2D eigenvalue weighted by atomic mass is 19.2. The maximum atomic E-state index is 13.4. The third-order valence-corrected chi connectivity index (χ3v) is 3.06. The number of aliphatic hydroxyl groups is 1. The van der Waals surface area contributed by atoms with Crippen LogP contribution in [0, 0.1) is 29.1 Å². The molecule has 0 spiro atoms. The summed E-state index contributed by atoms with van der Waals surface area (Å²) in [6.07, 6.45) is -1.25. The lowest BCUT2D eigenvalue weighted by Gasteiger charge is -2.13. The van der Waals surface area contributed by atoms with Gasteiger partial charge in [-0.1, -0.05) is 12.1 Å². The Labute approximate surface area is 127 Å². The summed E-state index contributed by atoms with van der Waals surface area (Å²) in [5.74, 6) is -9.43. The predicted octanol–water partition coefficient (Wildman–Crippen LogP) is 2.85. The van der Waals surface area contributed by atoms with E-state index in [1.54, 1.807) is 0 Å². The van der Waals surface area contributed by atoms with Gasteiger partial charge in [-0.3, -0.25) is 4.79 Å². The molecule has 2 rings (SSSR count). The van der Waals surface area contributed by atoms with E-state index in [9.17, 15) is 31.9 Å². The lowest BCUT2D eigenvalue weighted by atomic mass is 10.1. The second kappa shape index (κ2) is 6.74. The summed E-state index contributed by atoms with van der Waals surface area (Å²) in [7, 11) is 0. The molecule has 0 aromatic heterocycles. The van der Waals surface area contributed by atoms with E-state index in [1.165, 1.54) is 12.1 Å². The second-order valence-corrected chi connectivity index (χ2v) is 4.63. The van der Waals surface area contributed by atoms with Gasteiger partial charge in [0.25, 0.3) is 5.91 Å². The Balaban J connectivity index is 2.09. The number of nitrogens with one attached hydrogen (secondary N) is 1. The molecule has 122 valence electrons. The first-order chi connectivity index (χ1) is 10.8. The van der Waals surface area contributed by atoms with Crippen LogP contribution in [-0.4, -0.2) is 17.6 Å². The highest BCUT2D eigenvalue weighted by Gasteiger charge is 2.23. The lowest BCUT2D eigenvalue weighted by Crippen LogP contribution is -2.29. The molecule has 0 aliphatic carbocycles. The fourth-order valence-corrected chi connectivity index (χ4v) is 1.83. The summed E-state index contributed by atoms with van der Waals surface area (Å²) in [5, 5.41) is 11.8. The van der Waals surface area contributed by atoms with Gasteiger partial charge in [0.15, 0.2) is 23.3 Å². The maximum absolute atomic E-state index is 13.4. The van der Waals surface area contributed by atoms with Gasteiger partial charge in [-0.15, -0.1) is 0 Å². The molecule has 3 nitrogen and oxygen atoms in total. The van der Waals surface area contributed by atoms with Crippen molar-refractivity contribution in [2.45, 2.75) is 6.10 Å². The van der Waals surface area contributed by atoms with Gasteiger partial charge >= 0.3 is 0 Å². The summed E-state index contributed by atoms with van der Waals surface area (Å²) in [6, 6.07) is 4.93. The number of carbonyl (C=O) groups excluding carboxylic acids is 1. The van der Waals surface area contributed by atoms with Gasteiger partial charge < -0.3 is 10.4 Å². The average molecular weight is 331 g/mol. The van der Waals surface area contributed by atoms with Crippen molar-refractivity contribution in [3.05, 3.63) is 70.5 Å². The van der Waals surface area contributed by atoms with Crippen LogP contribution in [0.4, 0.5) is 22.0 Å². The zero-order chi connectivity index (χ0) is 17.1. The SMILES string of the molecule is O=C(NCC(O)c1ccc(F)cc1)c1cc(F)c(F)c(F)c1F. The summed E-state index contributed by atoms with van der Waals surface area (Å²) in [4.78, 5) is 11.7. The van der Waals surface area contributed by atoms with Crippen molar-refractivity contribution in [1.29, 1.82) is 0 Å². The van der Waals surface area contributed by atoms with Crippen molar-refractivity contribution in [3.63, 3.8) is 0 Å². The van der Waals surface area contributed by atoms with Gasteiger partial charge in [-0.05, 0) is 23.8 Å². The van der Waals surface area contributed by atoms with E-state index in [2.05, 4.69) is 0 Å². The minimum Gasteiger partial charge on any atom is -0.387 e. The monoisotopic (exact) mass is 331 g/mol. The van der Waals surface area contributed by atoms with Crippen LogP contribution in [0.1, 0.15) is 22.0 Å². The molecule has 0 radical (unpaired) electrons. The topological polar surface area (TPSA) is 49.3 Å². The van der Waals surface area contributed by atoms with E-state index < -0.39 is 53.2 Å². The Kier molecular flexibility index (Phi) is 4.95. The average Bonchev–Trinajstić information content (AvgIpc) is 2.54. The molecular formula is C15H10F5NO2. The normalized spacial score (nSPS) is 12.1. The molecule has 8 heteroatoms. The number of aliphatic hydroxyl groups excluding tert-OH is 1. The van der Waals surface area contributed by atoms with E-state index >= 15 is 0 Å². The number of carbonyl (C=O) groups is 1. The lowest BCUT2D eigenvalue weighted by molar-refractivity contribution is 0.0910. The first-order valence-corrected chi connectivity index (χ1v) is 6.36. The summed E-state index contributed by atoms with van der Waals surface area (Å²) >= 11 is 0. The minimum absolute atomic E-state index is 0.216. The highest BCUT2D eigenvalue weighted by molar-refractivity contribution is 5.94. The molecule has 0 saturated carbocycles. The molecule has 2 aromatic carbocycles. The Morgan fingerprint density at radius 2 is 1.61 bits per heavy atom. The Morgan fingerprint density at radius 3 is 2.22 bits per heavy atom. The van der Waals surface area contributed by atoms with Crippen LogP contribution in [0.15, 0.2) is 30.3 Å². The maximum Gasteiger partial charge on any atom is 0.254 e. The minimum atomic E-state index is -2.10. The number of rotatable bonds is 4. The van der Waals surface area contributed by atoms with Gasteiger partial charge in [-0.2, -0.15) is 0 Å². The number of benzene rings is 2. The van der Waals surface area contributed by atoms with Crippen molar-refractivity contribution in [3.8, 4) is 0 Å². The van der Waals surface area contributed by atoms with Crippen molar-refractivity contribution in [2.24, 2.45) is 0 Å². The van der Waals surface area contributed by atoms with Crippen LogP contribution < -0.4 is 5.32 Å². The second-order valence-electron chi connectivity index (χ2n) is 4.63. The molecule has 0 heterocycles.